The average molecular weight is 411 g/mol. The van der Waals surface area contributed by atoms with Gasteiger partial charge in [-0.1, -0.05) is 41.9 Å². The molecule has 29 heavy (non-hydrogen) atoms. The molecule has 0 fully saturated rings. The third-order valence-electron chi connectivity index (χ3n) is 4.12. The second-order valence-electron chi connectivity index (χ2n) is 6.28. The highest BCUT2D eigenvalue weighted by molar-refractivity contribution is 6.30. The van der Waals surface area contributed by atoms with Crippen LogP contribution in [0.25, 0.3) is 10.8 Å². The number of hydrogen-bond acceptors (Lipinski definition) is 4. The van der Waals surface area contributed by atoms with E-state index in [0.717, 1.165) is 10.8 Å². The Kier molecular flexibility index (Phi) is 6.81. The maximum atomic E-state index is 12.0. The van der Waals surface area contributed by atoms with Crippen LogP contribution in [0.4, 0.5) is 5.69 Å². The van der Waals surface area contributed by atoms with Gasteiger partial charge in [-0.2, -0.15) is 0 Å². The molecule has 148 valence electrons. The van der Waals surface area contributed by atoms with Crippen molar-refractivity contribution in [3.63, 3.8) is 0 Å². The molecule has 0 aliphatic heterocycles. The first-order valence-corrected chi connectivity index (χ1v) is 9.37. The van der Waals surface area contributed by atoms with Crippen LogP contribution in [-0.2, 0) is 14.3 Å². The van der Waals surface area contributed by atoms with E-state index in [0.29, 0.717) is 16.3 Å². The maximum Gasteiger partial charge on any atom is 0.308 e. The first-order valence-electron chi connectivity index (χ1n) is 8.99. The summed E-state index contributed by atoms with van der Waals surface area (Å²) in [5.74, 6) is -1.32. The summed E-state index contributed by atoms with van der Waals surface area (Å²) < 4.78 is 4.95. The Bertz CT molecular complexity index is 1030. The number of amides is 2. The molecule has 2 N–H and O–H groups in total. The fourth-order valence-electron chi connectivity index (χ4n) is 2.66. The largest absolute Gasteiger partial charge is 0.456 e. The van der Waals surface area contributed by atoms with Gasteiger partial charge in [-0.25, -0.2) is 0 Å². The predicted molar refractivity (Wildman–Crippen MR) is 112 cm³/mol. The van der Waals surface area contributed by atoms with Gasteiger partial charge in [-0.15, -0.1) is 0 Å². The molecule has 0 radical (unpaired) electrons. The molecular formula is C22H19ClN2O4. The standard InChI is InChI=1S/C22H19ClN2O4/c23-18-8-5-16(6-9-18)22(28)24-12-11-21(27)29-14-20(26)25-19-10-7-15-3-1-2-4-17(15)13-19/h1-10,13H,11-12,14H2,(H,24,28)(H,25,26). The molecule has 6 nitrogen and oxygen atoms in total. The van der Waals surface area contributed by atoms with Crippen LogP contribution in [0.1, 0.15) is 16.8 Å². The zero-order valence-electron chi connectivity index (χ0n) is 15.5. The van der Waals surface area contributed by atoms with E-state index in [2.05, 4.69) is 10.6 Å². The fourth-order valence-corrected chi connectivity index (χ4v) is 2.79. The summed E-state index contributed by atoms with van der Waals surface area (Å²) in [4.78, 5) is 35.7. The second-order valence-corrected chi connectivity index (χ2v) is 6.72. The summed E-state index contributed by atoms with van der Waals surface area (Å²) in [7, 11) is 0. The van der Waals surface area contributed by atoms with E-state index in [9.17, 15) is 14.4 Å². The van der Waals surface area contributed by atoms with Crippen molar-refractivity contribution in [3.05, 3.63) is 77.3 Å². The van der Waals surface area contributed by atoms with Crippen LogP contribution in [0.2, 0.25) is 5.02 Å². The van der Waals surface area contributed by atoms with Gasteiger partial charge in [0.1, 0.15) is 0 Å². The van der Waals surface area contributed by atoms with E-state index < -0.39 is 18.5 Å². The highest BCUT2D eigenvalue weighted by Crippen LogP contribution is 2.18. The van der Waals surface area contributed by atoms with Gasteiger partial charge in [0.25, 0.3) is 11.8 Å². The summed E-state index contributed by atoms with van der Waals surface area (Å²) in [6.45, 7) is -0.288. The number of hydrogen-bond donors (Lipinski definition) is 2. The van der Waals surface area contributed by atoms with Gasteiger partial charge >= 0.3 is 5.97 Å². The Balaban J connectivity index is 1.38. The van der Waals surface area contributed by atoms with E-state index in [1.165, 1.54) is 0 Å². The predicted octanol–water partition coefficient (Wildman–Crippen LogP) is 3.80. The number of halogens is 1. The number of carbonyl (C=O) groups excluding carboxylic acids is 3. The van der Waals surface area contributed by atoms with Crippen molar-refractivity contribution in [3.8, 4) is 0 Å². The summed E-state index contributed by atoms with van der Waals surface area (Å²) in [5.41, 5.74) is 1.07. The average Bonchev–Trinajstić information content (AvgIpc) is 2.72. The molecule has 0 heterocycles. The topological polar surface area (TPSA) is 84.5 Å². The third kappa shape index (κ3) is 6.05. The maximum absolute atomic E-state index is 12.0. The third-order valence-corrected chi connectivity index (χ3v) is 4.37. The smallest absolute Gasteiger partial charge is 0.308 e. The Morgan fingerprint density at radius 3 is 2.38 bits per heavy atom. The molecule has 0 aliphatic carbocycles. The molecule has 0 saturated heterocycles. The van der Waals surface area contributed by atoms with Crippen molar-refractivity contribution >= 4 is 45.8 Å². The SMILES string of the molecule is O=C(COC(=O)CCNC(=O)c1ccc(Cl)cc1)Nc1ccc2ccccc2c1. The molecular weight excluding hydrogens is 392 g/mol. The first kappa shape index (κ1) is 20.4. The highest BCUT2D eigenvalue weighted by Gasteiger charge is 2.10. The molecule has 0 bridgehead atoms. The summed E-state index contributed by atoms with van der Waals surface area (Å²) >= 11 is 5.77. The minimum atomic E-state index is -0.574. The molecule has 7 heteroatoms. The summed E-state index contributed by atoms with van der Waals surface area (Å²) in [6, 6.07) is 19.7. The molecule has 0 atom stereocenters. The van der Waals surface area contributed by atoms with E-state index in [1.54, 1.807) is 30.3 Å². The Hall–Kier alpha value is -3.38. The number of carbonyl (C=O) groups is 3. The van der Waals surface area contributed by atoms with Crippen molar-refractivity contribution in [1.82, 2.24) is 5.32 Å². The Morgan fingerprint density at radius 1 is 0.897 bits per heavy atom. The number of anilines is 1. The van der Waals surface area contributed by atoms with Crippen LogP contribution in [0, 0.1) is 0 Å². The second kappa shape index (κ2) is 9.71. The monoisotopic (exact) mass is 410 g/mol. The Labute approximate surface area is 172 Å². The lowest BCUT2D eigenvalue weighted by Crippen LogP contribution is -2.27. The van der Waals surface area contributed by atoms with Gasteiger partial charge in [0, 0.05) is 22.8 Å². The van der Waals surface area contributed by atoms with Gasteiger partial charge in [-0.3, -0.25) is 14.4 Å². The number of nitrogens with one attached hydrogen (secondary N) is 2. The minimum Gasteiger partial charge on any atom is -0.456 e. The molecule has 3 aromatic rings. The quantitative estimate of drug-likeness (QED) is 0.580. The number of fused-ring (bicyclic) bond motifs is 1. The van der Waals surface area contributed by atoms with Gasteiger partial charge in [0.05, 0.1) is 6.42 Å². The van der Waals surface area contributed by atoms with E-state index >= 15 is 0 Å². The summed E-state index contributed by atoms with van der Waals surface area (Å²) in [5, 5.41) is 7.90. The molecule has 3 aromatic carbocycles. The van der Waals surface area contributed by atoms with Crippen molar-refractivity contribution in [2.24, 2.45) is 0 Å². The van der Waals surface area contributed by atoms with Crippen LogP contribution in [0.5, 0.6) is 0 Å². The van der Waals surface area contributed by atoms with Crippen LogP contribution in [0.3, 0.4) is 0 Å². The first-order chi connectivity index (χ1) is 14.0. The van der Waals surface area contributed by atoms with Gasteiger partial charge in [0.15, 0.2) is 6.61 Å². The lowest BCUT2D eigenvalue weighted by molar-refractivity contribution is -0.147. The van der Waals surface area contributed by atoms with Crippen LogP contribution in [0.15, 0.2) is 66.7 Å². The van der Waals surface area contributed by atoms with Crippen LogP contribution in [-0.4, -0.2) is 30.9 Å². The molecule has 2 amide bonds. The zero-order valence-corrected chi connectivity index (χ0v) is 16.2. The van der Waals surface area contributed by atoms with E-state index in [-0.39, 0.29) is 18.9 Å². The van der Waals surface area contributed by atoms with Crippen molar-refractivity contribution in [2.75, 3.05) is 18.5 Å². The number of esters is 1. The molecule has 0 aliphatic rings. The van der Waals surface area contributed by atoms with Gasteiger partial charge in [-0.05, 0) is 47.2 Å². The molecule has 0 aromatic heterocycles. The van der Waals surface area contributed by atoms with Crippen molar-refractivity contribution in [1.29, 1.82) is 0 Å². The number of rotatable bonds is 7. The Morgan fingerprint density at radius 2 is 1.62 bits per heavy atom. The number of benzene rings is 3. The summed E-state index contributed by atoms with van der Waals surface area (Å²) in [6.07, 6.45) is -0.0391. The normalized spacial score (nSPS) is 10.4. The molecule has 0 saturated carbocycles. The lowest BCUT2D eigenvalue weighted by atomic mass is 10.1. The molecule has 0 spiro atoms. The van der Waals surface area contributed by atoms with E-state index in [1.807, 2.05) is 36.4 Å². The molecule has 3 rings (SSSR count). The van der Waals surface area contributed by atoms with Crippen LogP contribution >= 0.6 is 11.6 Å². The van der Waals surface area contributed by atoms with Crippen LogP contribution < -0.4 is 10.6 Å². The highest BCUT2D eigenvalue weighted by atomic mass is 35.5. The molecule has 0 unspecified atom stereocenters. The van der Waals surface area contributed by atoms with Crippen molar-refractivity contribution < 1.29 is 19.1 Å². The van der Waals surface area contributed by atoms with Crippen molar-refractivity contribution in [2.45, 2.75) is 6.42 Å². The van der Waals surface area contributed by atoms with Gasteiger partial charge in [0.2, 0.25) is 0 Å². The number of ether oxygens (including phenoxy) is 1. The minimum absolute atomic E-state index is 0.0391. The van der Waals surface area contributed by atoms with E-state index in [4.69, 9.17) is 16.3 Å². The van der Waals surface area contributed by atoms with Gasteiger partial charge < -0.3 is 15.4 Å². The fraction of sp³-hybridized carbons (Fsp3) is 0.136. The lowest BCUT2D eigenvalue weighted by Gasteiger charge is -2.08. The zero-order chi connectivity index (χ0) is 20.6.